The number of nitrogens with zero attached hydrogens (tertiary/aromatic N) is 1. The van der Waals surface area contributed by atoms with Gasteiger partial charge >= 0.3 is 17.9 Å². The lowest BCUT2D eigenvalue weighted by Gasteiger charge is -2.41. The molecule has 9 heteroatoms. The van der Waals surface area contributed by atoms with Gasteiger partial charge in [-0.3, -0.25) is 19.4 Å². The lowest BCUT2D eigenvalue weighted by molar-refractivity contribution is -0.233. The van der Waals surface area contributed by atoms with Crippen LogP contribution >= 0.6 is 11.6 Å². The summed E-state index contributed by atoms with van der Waals surface area (Å²) in [4.78, 5) is 43.0. The van der Waals surface area contributed by atoms with Gasteiger partial charge in [0.2, 0.25) is 0 Å². The number of hydrogen-bond acceptors (Lipinski definition) is 8. The molecular formula is C27H38ClNO7. The molecule has 2 rings (SSSR count). The first kappa shape index (κ1) is 29.8. The summed E-state index contributed by atoms with van der Waals surface area (Å²) in [5.41, 5.74) is -1.76. The van der Waals surface area contributed by atoms with Crippen molar-refractivity contribution in [2.75, 3.05) is 6.61 Å². The largest absolute Gasteiger partial charge is 0.455 e. The first-order valence-electron chi connectivity index (χ1n) is 11.9. The Hall–Kier alpha value is -2.45. The van der Waals surface area contributed by atoms with Crippen LogP contribution in [0, 0.1) is 16.2 Å². The van der Waals surface area contributed by atoms with Crippen LogP contribution in [0.4, 0.5) is 0 Å². The molecule has 0 amide bonds. The molecule has 0 aliphatic carbocycles. The topological polar surface area (TPSA) is 100 Å². The average Bonchev–Trinajstić information content (AvgIpc) is 2.74. The number of aliphatic imine (C=N–C) groups is 1. The fourth-order valence-electron chi connectivity index (χ4n) is 2.88. The van der Waals surface area contributed by atoms with Gasteiger partial charge < -0.3 is 18.9 Å². The van der Waals surface area contributed by atoms with Crippen molar-refractivity contribution >= 4 is 35.7 Å². The molecule has 1 fully saturated rings. The van der Waals surface area contributed by atoms with Crippen LogP contribution in [0.25, 0.3) is 0 Å². The molecule has 0 spiro atoms. The summed E-state index contributed by atoms with van der Waals surface area (Å²) in [6.45, 7) is 15.3. The molecule has 1 heterocycles. The third kappa shape index (κ3) is 8.30. The lowest BCUT2D eigenvalue weighted by atomic mass is 9.94. The van der Waals surface area contributed by atoms with Crippen LogP contribution < -0.4 is 0 Å². The summed E-state index contributed by atoms with van der Waals surface area (Å²) in [5, 5.41) is 0.579. The van der Waals surface area contributed by atoms with Crippen LogP contribution in [-0.4, -0.2) is 55.3 Å². The molecule has 36 heavy (non-hydrogen) atoms. The van der Waals surface area contributed by atoms with E-state index in [-0.39, 0.29) is 6.61 Å². The maximum absolute atomic E-state index is 12.9. The Kier molecular flexibility index (Phi) is 9.35. The highest BCUT2D eigenvalue weighted by Gasteiger charge is 2.49. The first-order valence-corrected chi connectivity index (χ1v) is 12.3. The second-order valence-corrected chi connectivity index (χ2v) is 12.4. The van der Waals surface area contributed by atoms with Gasteiger partial charge in [0.15, 0.2) is 24.5 Å². The van der Waals surface area contributed by atoms with Crippen molar-refractivity contribution in [3.8, 4) is 0 Å². The van der Waals surface area contributed by atoms with E-state index in [1.165, 1.54) is 0 Å². The molecule has 0 bridgehead atoms. The molecular weight excluding hydrogens is 486 g/mol. The van der Waals surface area contributed by atoms with Gasteiger partial charge in [0.1, 0.15) is 0 Å². The Morgan fingerprint density at radius 1 is 0.806 bits per heavy atom. The molecule has 0 unspecified atom stereocenters. The predicted molar refractivity (Wildman–Crippen MR) is 137 cm³/mol. The zero-order valence-corrected chi connectivity index (χ0v) is 23.3. The Morgan fingerprint density at radius 3 is 1.72 bits per heavy atom. The SMILES string of the molecule is CC(C)(C)C(=O)O[C@H]1[C@H](OC(=O)C(C)(C)C)[C@@H](/N=C/c2ccc(Cl)cc2)OC[C@H]1OC(=O)C(C)(C)C. The van der Waals surface area contributed by atoms with E-state index < -0.39 is 58.7 Å². The fourth-order valence-corrected chi connectivity index (χ4v) is 3.00. The molecule has 0 aromatic heterocycles. The molecule has 1 aliphatic heterocycles. The first-order chi connectivity index (χ1) is 16.4. The van der Waals surface area contributed by atoms with Crippen molar-refractivity contribution in [1.29, 1.82) is 0 Å². The molecule has 0 N–H and O–H groups in total. The van der Waals surface area contributed by atoms with Crippen LogP contribution in [0.2, 0.25) is 5.02 Å². The highest BCUT2D eigenvalue weighted by molar-refractivity contribution is 6.30. The van der Waals surface area contributed by atoms with Gasteiger partial charge in [-0.25, -0.2) is 0 Å². The molecule has 1 aromatic rings. The Labute approximate surface area is 218 Å². The van der Waals surface area contributed by atoms with Crippen molar-refractivity contribution in [3.63, 3.8) is 0 Å². The van der Waals surface area contributed by atoms with Crippen molar-refractivity contribution < 1.29 is 33.3 Å². The number of esters is 3. The number of rotatable bonds is 5. The molecule has 200 valence electrons. The molecule has 8 nitrogen and oxygen atoms in total. The maximum Gasteiger partial charge on any atom is 0.311 e. The zero-order valence-electron chi connectivity index (χ0n) is 22.6. The van der Waals surface area contributed by atoms with E-state index in [0.29, 0.717) is 5.02 Å². The van der Waals surface area contributed by atoms with Gasteiger partial charge in [-0.05, 0) is 80.0 Å². The summed E-state index contributed by atoms with van der Waals surface area (Å²) in [7, 11) is 0. The van der Waals surface area contributed by atoms with E-state index in [4.69, 9.17) is 30.5 Å². The van der Waals surface area contributed by atoms with Gasteiger partial charge in [0.05, 0.1) is 22.9 Å². The normalized spacial score (nSPS) is 23.3. The number of halogens is 1. The summed E-state index contributed by atoms with van der Waals surface area (Å²) in [5.74, 6) is -1.58. The molecule has 1 aliphatic rings. The monoisotopic (exact) mass is 523 g/mol. The van der Waals surface area contributed by atoms with Gasteiger partial charge in [0, 0.05) is 11.2 Å². The van der Waals surface area contributed by atoms with E-state index in [0.717, 1.165) is 5.56 Å². The maximum atomic E-state index is 12.9. The Balaban J connectivity index is 2.47. The van der Waals surface area contributed by atoms with Crippen molar-refractivity contribution in [1.82, 2.24) is 0 Å². The number of carbonyl (C=O) groups is 3. The molecule has 1 aromatic carbocycles. The standard InChI is InChI=1S/C27H38ClNO7/c1-25(2,3)22(30)34-18-15-33-21(29-14-16-10-12-17(28)13-11-16)20(36-24(32)27(7,8)9)19(18)35-23(31)26(4,5)6/h10-14,18-21H,15H2,1-9H3/b29-14+/t18-,19-,20+,21+/m1/s1. The number of hydrogen-bond donors (Lipinski definition) is 0. The number of ether oxygens (including phenoxy) is 4. The van der Waals surface area contributed by atoms with Gasteiger partial charge in [-0.1, -0.05) is 23.7 Å². The Morgan fingerprint density at radius 2 is 1.25 bits per heavy atom. The molecule has 0 saturated carbocycles. The number of carbonyl (C=O) groups excluding carboxylic acids is 3. The minimum absolute atomic E-state index is 0.101. The van der Waals surface area contributed by atoms with E-state index in [2.05, 4.69) is 4.99 Å². The van der Waals surface area contributed by atoms with Crippen molar-refractivity contribution in [2.45, 2.75) is 86.9 Å². The van der Waals surface area contributed by atoms with E-state index in [1.807, 2.05) is 0 Å². The van der Waals surface area contributed by atoms with E-state index in [9.17, 15) is 14.4 Å². The van der Waals surface area contributed by atoms with Crippen LogP contribution in [0.3, 0.4) is 0 Å². The fraction of sp³-hybridized carbons (Fsp3) is 0.630. The van der Waals surface area contributed by atoms with Gasteiger partial charge in [0.25, 0.3) is 0 Å². The third-order valence-electron chi connectivity index (χ3n) is 5.22. The third-order valence-corrected chi connectivity index (χ3v) is 5.48. The Bertz CT molecular complexity index is 968. The van der Waals surface area contributed by atoms with E-state index >= 15 is 0 Å². The van der Waals surface area contributed by atoms with E-state index in [1.54, 1.807) is 92.8 Å². The average molecular weight is 524 g/mol. The van der Waals surface area contributed by atoms with Crippen molar-refractivity contribution in [2.24, 2.45) is 21.2 Å². The molecule has 4 atom stereocenters. The minimum atomic E-state index is -1.15. The van der Waals surface area contributed by atoms with Gasteiger partial charge in [-0.15, -0.1) is 0 Å². The summed E-state index contributed by atoms with van der Waals surface area (Å²) in [6.07, 6.45) is -2.73. The second-order valence-electron chi connectivity index (χ2n) is 12.0. The second kappa shape index (κ2) is 11.3. The van der Waals surface area contributed by atoms with Crippen molar-refractivity contribution in [3.05, 3.63) is 34.9 Å². The quantitative estimate of drug-likeness (QED) is 0.304. The van der Waals surface area contributed by atoms with Crippen LogP contribution in [-0.2, 0) is 33.3 Å². The van der Waals surface area contributed by atoms with Crippen LogP contribution in [0.15, 0.2) is 29.3 Å². The molecule has 1 saturated heterocycles. The van der Waals surface area contributed by atoms with Crippen LogP contribution in [0.5, 0.6) is 0 Å². The predicted octanol–water partition coefficient (Wildman–Crippen LogP) is 4.99. The molecule has 0 radical (unpaired) electrons. The highest BCUT2D eigenvalue weighted by Crippen LogP contribution is 2.31. The summed E-state index contributed by atoms with van der Waals surface area (Å²) in [6, 6.07) is 6.99. The van der Waals surface area contributed by atoms with Crippen LogP contribution in [0.1, 0.15) is 67.9 Å². The minimum Gasteiger partial charge on any atom is -0.455 e. The summed E-state index contributed by atoms with van der Waals surface area (Å²) < 4.78 is 23.3. The van der Waals surface area contributed by atoms with Gasteiger partial charge in [-0.2, -0.15) is 0 Å². The zero-order chi connectivity index (χ0) is 27.5. The summed E-state index contributed by atoms with van der Waals surface area (Å²) >= 11 is 5.96. The number of benzene rings is 1. The smallest absolute Gasteiger partial charge is 0.311 e. The highest BCUT2D eigenvalue weighted by atomic mass is 35.5. The lowest BCUT2D eigenvalue weighted by Crippen LogP contribution is -2.58.